The third-order valence-corrected chi connectivity index (χ3v) is 4.80. The molecule has 1 aliphatic rings. The van der Waals surface area contributed by atoms with E-state index >= 15 is 0 Å². The van der Waals surface area contributed by atoms with Crippen LogP contribution >= 0.6 is 0 Å². The Balaban J connectivity index is 1.94. The van der Waals surface area contributed by atoms with Crippen molar-refractivity contribution < 1.29 is 9.59 Å². The van der Waals surface area contributed by atoms with Crippen molar-refractivity contribution in [3.8, 4) is 0 Å². The molecule has 1 aromatic rings. The van der Waals surface area contributed by atoms with Crippen molar-refractivity contribution in [2.24, 2.45) is 13.0 Å². The van der Waals surface area contributed by atoms with Crippen LogP contribution in [0.4, 0.5) is 5.69 Å². The summed E-state index contributed by atoms with van der Waals surface area (Å²) in [6.07, 6.45) is 0. The second kappa shape index (κ2) is 7.34. The first kappa shape index (κ1) is 18.4. The summed E-state index contributed by atoms with van der Waals surface area (Å²) in [6.45, 7) is 12.4. The summed E-state index contributed by atoms with van der Waals surface area (Å²) in [6, 6.07) is -0.236. The van der Waals surface area contributed by atoms with Crippen LogP contribution in [0, 0.1) is 19.8 Å². The molecule has 1 fully saturated rings. The van der Waals surface area contributed by atoms with Crippen molar-refractivity contribution in [2.45, 2.75) is 40.7 Å². The molecule has 0 unspecified atom stereocenters. The van der Waals surface area contributed by atoms with Crippen molar-refractivity contribution in [1.82, 2.24) is 19.6 Å². The first-order valence-electron chi connectivity index (χ1n) is 8.56. The monoisotopic (exact) mass is 335 g/mol. The molecule has 7 nitrogen and oxygen atoms in total. The van der Waals surface area contributed by atoms with Crippen LogP contribution in [0.2, 0.25) is 0 Å². The molecule has 2 rings (SSSR count). The maximum atomic E-state index is 12.6. The third-order valence-electron chi connectivity index (χ3n) is 4.80. The number of rotatable bonds is 4. The fraction of sp³-hybridized carbons (Fsp3) is 0.706. The standard InChI is InChI=1S/C17H29N5O2/c1-11(2)17(24)22-9-7-21(8-10-22)14(5)16(23)18-15-12(3)19-20(6)13(15)4/h11,14H,7-10H2,1-6H3,(H,18,23)/t14-/m0/s1. The van der Waals surface area contributed by atoms with Gasteiger partial charge in [0.15, 0.2) is 0 Å². The lowest BCUT2D eigenvalue weighted by Crippen LogP contribution is -2.54. The van der Waals surface area contributed by atoms with Crippen molar-refractivity contribution in [2.75, 3.05) is 31.5 Å². The Morgan fingerprint density at radius 3 is 2.12 bits per heavy atom. The molecule has 24 heavy (non-hydrogen) atoms. The Kier molecular flexibility index (Phi) is 5.64. The Bertz CT molecular complexity index is 615. The molecular weight excluding hydrogens is 306 g/mol. The number of nitrogens with zero attached hydrogens (tertiary/aromatic N) is 4. The number of anilines is 1. The molecule has 1 aromatic heterocycles. The Hall–Kier alpha value is -1.89. The van der Waals surface area contributed by atoms with Crippen LogP contribution in [0.1, 0.15) is 32.2 Å². The van der Waals surface area contributed by atoms with Gasteiger partial charge >= 0.3 is 0 Å². The van der Waals surface area contributed by atoms with Gasteiger partial charge in [-0.15, -0.1) is 0 Å². The van der Waals surface area contributed by atoms with Crippen LogP contribution in [0.25, 0.3) is 0 Å². The molecule has 7 heteroatoms. The van der Waals surface area contributed by atoms with Crippen LogP contribution in [0.3, 0.4) is 0 Å². The van der Waals surface area contributed by atoms with Crippen molar-refractivity contribution >= 4 is 17.5 Å². The predicted molar refractivity (Wildman–Crippen MR) is 93.8 cm³/mol. The predicted octanol–water partition coefficient (Wildman–Crippen LogP) is 1.16. The first-order valence-corrected chi connectivity index (χ1v) is 8.56. The number of hydrogen-bond acceptors (Lipinski definition) is 4. The van der Waals surface area contributed by atoms with Gasteiger partial charge < -0.3 is 10.2 Å². The fourth-order valence-electron chi connectivity index (χ4n) is 3.04. The van der Waals surface area contributed by atoms with Gasteiger partial charge in [0.1, 0.15) is 0 Å². The van der Waals surface area contributed by atoms with Gasteiger partial charge in [-0.3, -0.25) is 19.2 Å². The summed E-state index contributed by atoms with van der Waals surface area (Å²) in [5.41, 5.74) is 2.56. The first-order chi connectivity index (χ1) is 11.2. The summed E-state index contributed by atoms with van der Waals surface area (Å²) in [5.74, 6) is 0.181. The lowest BCUT2D eigenvalue weighted by atomic mass is 10.1. The Labute approximate surface area is 144 Å². The highest BCUT2D eigenvalue weighted by Crippen LogP contribution is 2.19. The SMILES string of the molecule is Cc1nn(C)c(C)c1NC(=O)[C@H](C)N1CCN(C(=O)C(C)C)CC1. The van der Waals surface area contributed by atoms with Crippen LogP contribution in [0.5, 0.6) is 0 Å². The van der Waals surface area contributed by atoms with Gasteiger partial charge in [-0.2, -0.15) is 5.10 Å². The number of carbonyl (C=O) groups is 2. The molecule has 0 saturated carbocycles. The lowest BCUT2D eigenvalue weighted by Gasteiger charge is -2.38. The van der Waals surface area contributed by atoms with E-state index in [0.29, 0.717) is 13.1 Å². The smallest absolute Gasteiger partial charge is 0.241 e. The topological polar surface area (TPSA) is 70.5 Å². The number of piperazine rings is 1. The molecule has 1 saturated heterocycles. The molecule has 2 amide bonds. The molecule has 0 aromatic carbocycles. The zero-order valence-electron chi connectivity index (χ0n) is 15.6. The van der Waals surface area contributed by atoms with Crippen LogP contribution < -0.4 is 5.32 Å². The van der Waals surface area contributed by atoms with Crippen LogP contribution in [-0.2, 0) is 16.6 Å². The summed E-state index contributed by atoms with van der Waals surface area (Å²) in [7, 11) is 1.87. The molecule has 0 aliphatic carbocycles. The van der Waals surface area contributed by atoms with Crippen LogP contribution in [-0.4, -0.2) is 63.6 Å². The minimum Gasteiger partial charge on any atom is -0.340 e. The van der Waals surface area contributed by atoms with Gasteiger partial charge in [0.05, 0.1) is 23.1 Å². The van der Waals surface area contributed by atoms with Gasteiger partial charge in [-0.1, -0.05) is 13.8 Å². The van der Waals surface area contributed by atoms with E-state index < -0.39 is 0 Å². The minimum atomic E-state index is -0.236. The van der Waals surface area contributed by atoms with Gasteiger partial charge in [0.25, 0.3) is 0 Å². The third kappa shape index (κ3) is 3.77. The van der Waals surface area contributed by atoms with Gasteiger partial charge in [0, 0.05) is 39.1 Å². The van der Waals surface area contributed by atoms with Crippen molar-refractivity contribution in [1.29, 1.82) is 0 Å². The number of nitrogens with one attached hydrogen (secondary N) is 1. The van der Waals surface area contributed by atoms with Crippen molar-refractivity contribution in [3.63, 3.8) is 0 Å². The Morgan fingerprint density at radius 1 is 1.08 bits per heavy atom. The highest BCUT2D eigenvalue weighted by atomic mass is 16.2. The van der Waals surface area contributed by atoms with E-state index in [2.05, 4.69) is 15.3 Å². The maximum Gasteiger partial charge on any atom is 0.241 e. The average Bonchev–Trinajstić information content (AvgIpc) is 2.79. The Morgan fingerprint density at radius 2 is 1.67 bits per heavy atom. The van der Waals surface area contributed by atoms with E-state index in [9.17, 15) is 9.59 Å². The van der Waals surface area contributed by atoms with Crippen molar-refractivity contribution in [3.05, 3.63) is 11.4 Å². The normalized spacial score (nSPS) is 17.2. The summed E-state index contributed by atoms with van der Waals surface area (Å²) in [5, 5.41) is 7.33. The highest BCUT2D eigenvalue weighted by molar-refractivity contribution is 5.95. The van der Waals surface area contributed by atoms with E-state index in [1.165, 1.54) is 0 Å². The largest absolute Gasteiger partial charge is 0.340 e. The lowest BCUT2D eigenvalue weighted by molar-refractivity contribution is -0.136. The molecule has 0 bridgehead atoms. The summed E-state index contributed by atoms with van der Waals surface area (Å²) >= 11 is 0. The minimum absolute atomic E-state index is 0.0220. The summed E-state index contributed by atoms with van der Waals surface area (Å²) in [4.78, 5) is 28.6. The van der Waals surface area contributed by atoms with Crippen LogP contribution in [0.15, 0.2) is 0 Å². The number of amides is 2. The molecule has 2 heterocycles. The van der Waals surface area contributed by atoms with E-state index in [1.807, 2.05) is 46.6 Å². The van der Waals surface area contributed by atoms with E-state index in [4.69, 9.17) is 0 Å². The second-order valence-corrected chi connectivity index (χ2v) is 6.85. The average molecular weight is 335 g/mol. The molecule has 1 atom stereocenters. The van der Waals surface area contributed by atoms with Gasteiger partial charge in [-0.05, 0) is 20.8 Å². The molecule has 0 radical (unpaired) electrons. The number of aromatic nitrogens is 2. The van der Waals surface area contributed by atoms with E-state index in [-0.39, 0.29) is 23.8 Å². The maximum absolute atomic E-state index is 12.6. The second-order valence-electron chi connectivity index (χ2n) is 6.85. The summed E-state index contributed by atoms with van der Waals surface area (Å²) < 4.78 is 1.77. The molecule has 1 N–H and O–H groups in total. The quantitative estimate of drug-likeness (QED) is 0.896. The van der Waals surface area contributed by atoms with E-state index in [0.717, 1.165) is 30.2 Å². The zero-order valence-corrected chi connectivity index (χ0v) is 15.6. The molecule has 0 spiro atoms. The zero-order chi connectivity index (χ0) is 18.0. The molecule has 134 valence electrons. The number of hydrogen-bond donors (Lipinski definition) is 1. The van der Waals surface area contributed by atoms with Gasteiger partial charge in [0.2, 0.25) is 11.8 Å². The van der Waals surface area contributed by atoms with Gasteiger partial charge in [-0.25, -0.2) is 0 Å². The molecular formula is C17H29N5O2. The van der Waals surface area contributed by atoms with E-state index in [1.54, 1.807) is 4.68 Å². The fourth-order valence-corrected chi connectivity index (χ4v) is 3.04. The highest BCUT2D eigenvalue weighted by Gasteiger charge is 2.28. The molecule has 1 aliphatic heterocycles. The number of carbonyl (C=O) groups excluding carboxylic acids is 2. The number of aryl methyl sites for hydroxylation is 2.